The first-order valence-electron chi connectivity index (χ1n) is 7.69. The molecule has 1 saturated carbocycles. The highest BCUT2D eigenvalue weighted by atomic mass is 19.1. The smallest absolute Gasteiger partial charge is 0.169 e. The van der Waals surface area contributed by atoms with Crippen LogP contribution >= 0.6 is 0 Å². The summed E-state index contributed by atoms with van der Waals surface area (Å²) in [5.41, 5.74) is 8.26. The largest absolute Gasteiger partial charge is 0.494 e. The van der Waals surface area contributed by atoms with Gasteiger partial charge in [-0.2, -0.15) is 0 Å². The minimum atomic E-state index is -0.253. The Morgan fingerprint density at radius 3 is 2.85 bits per heavy atom. The number of methoxy groups -OCH3 is 1. The van der Waals surface area contributed by atoms with E-state index in [1.165, 1.54) is 26.4 Å². The summed E-state index contributed by atoms with van der Waals surface area (Å²) in [4.78, 5) is 0. The Hall–Kier alpha value is -1.09. The van der Waals surface area contributed by atoms with Crippen molar-refractivity contribution < 1.29 is 9.13 Å². The van der Waals surface area contributed by atoms with Gasteiger partial charge < -0.3 is 10.5 Å². The molecule has 110 valence electrons. The van der Waals surface area contributed by atoms with Crippen molar-refractivity contribution in [3.05, 3.63) is 29.1 Å². The molecular weight excluding hydrogens is 253 g/mol. The summed E-state index contributed by atoms with van der Waals surface area (Å²) in [5.74, 6) is 0.639. The molecule has 3 atom stereocenters. The highest BCUT2D eigenvalue weighted by Gasteiger charge is 2.45. The fraction of sp³-hybridized carbons (Fsp3) is 0.647. The second-order valence-electron chi connectivity index (χ2n) is 6.62. The second kappa shape index (κ2) is 5.03. The molecule has 1 aromatic rings. The monoisotopic (exact) mass is 277 g/mol. The first-order chi connectivity index (χ1) is 9.58. The van der Waals surface area contributed by atoms with Crippen LogP contribution in [0, 0.1) is 11.7 Å². The van der Waals surface area contributed by atoms with Crippen LogP contribution in [0.25, 0.3) is 0 Å². The zero-order valence-corrected chi connectivity index (χ0v) is 12.4. The summed E-state index contributed by atoms with van der Waals surface area (Å²) >= 11 is 0. The molecule has 2 nitrogen and oxygen atoms in total. The maximum absolute atomic E-state index is 14.8. The van der Waals surface area contributed by atoms with Crippen molar-refractivity contribution >= 4 is 0 Å². The molecule has 2 aliphatic rings. The van der Waals surface area contributed by atoms with E-state index < -0.39 is 0 Å². The Bertz CT molecular complexity index is 516. The van der Waals surface area contributed by atoms with E-state index in [-0.39, 0.29) is 17.3 Å². The zero-order valence-electron chi connectivity index (χ0n) is 12.4. The lowest BCUT2D eigenvalue weighted by Gasteiger charge is -2.47. The molecule has 2 bridgehead atoms. The number of halogens is 1. The van der Waals surface area contributed by atoms with Gasteiger partial charge in [-0.1, -0.05) is 32.3 Å². The maximum atomic E-state index is 14.8. The molecular formula is C17H24FNO. The average Bonchev–Trinajstić information content (AvgIpc) is 2.43. The lowest BCUT2D eigenvalue weighted by molar-refractivity contribution is 0.194. The lowest BCUT2D eigenvalue weighted by atomic mass is 9.60. The molecule has 3 rings (SSSR count). The van der Waals surface area contributed by atoms with E-state index in [9.17, 15) is 4.39 Å². The van der Waals surface area contributed by atoms with Gasteiger partial charge >= 0.3 is 0 Å². The van der Waals surface area contributed by atoms with Gasteiger partial charge in [0.1, 0.15) is 0 Å². The number of hydrogen-bond donors (Lipinski definition) is 1. The molecule has 0 aromatic heterocycles. The van der Waals surface area contributed by atoms with Crippen LogP contribution in [0.1, 0.15) is 50.2 Å². The van der Waals surface area contributed by atoms with Crippen molar-refractivity contribution in [2.24, 2.45) is 11.7 Å². The van der Waals surface area contributed by atoms with Gasteiger partial charge in [0.2, 0.25) is 0 Å². The first kappa shape index (κ1) is 13.9. The van der Waals surface area contributed by atoms with Gasteiger partial charge in [-0.3, -0.25) is 0 Å². The van der Waals surface area contributed by atoms with Crippen molar-refractivity contribution in [1.82, 2.24) is 0 Å². The molecule has 3 unspecified atom stereocenters. The molecule has 2 aliphatic carbocycles. The summed E-state index contributed by atoms with van der Waals surface area (Å²) in [6.07, 6.45) is 6.67. The van der Waals surface area contributed by atoms with E-state index in [2.05, 4.69) is 6.92 Å². The van der Waals surface area contributed by atoms with Crippen molar-refractivity contribution in [2.75, 3.05) is 7.11 Å². The van der Waals surface area contributed by atoms with Crippen molar-refractivity contribution in [2.45, 2.75) is 56.9 Å². The van der Waals surface area contributed by atoms with E-state index >= 15 is 0 Å². The SMILES string of the molecule is COc1ccc2c(c1F)C1(C)CCCCCC(C2)C1N. The van der Waals surface area contributed by atoms with Gasteiger partial charge in [-0.15, -0.1) is 0 Å². The minimum Gasteiger partial charge on any atom is -0.494 e. The first-order valence-corrected chi connectivity index (χ1v) is 7.69. The second-order valence-corrected chi connectivity index (χ2v) is 6.62. The fourth-order valence-corrected chi connectivity index (χ4v) is 4.29. The van der Waals surface area contributed by atoms with Crippen LogP contribution in [-0.2, 0) is 11.8 Å². The molecule has 1 fully saturated rings. The predicted octanol–water partition coefficient (Wildman–Crippen LogP) is 3.56. The summed E-state index contributed by atoms with van der Waals surface area (Å²) in [7, 11) is 1.52. The third kappa shape index (κ3) is 1.95. The molecule has 0 amide bonds. The lowest BCUT2D eigenvalue weighted by Crippen LogP contribution is -2.53. The maximum Gasteiger partial charge on any atom is 0.169 e. The number of rotatable bonds is 1. The third-order valence-electron chi connectivity index (χ3n) is 5.48. The Labute approximate surface area is 120 Å². The quantitative estimate of drug-likeness (QED) is 0.852. The normalized spacial score (nSPS) is 33.0. The van der Waals surface area contributed by atoms with Gasteiger partial charge in [0.15, 0.2) is 11.6 Å². The Balaban J connectivity index is 2.17. The molecule has 1 aromatic carbocycles. The number of benzene rings is 1. The standard InChI is InChI=1S/C17H24FNO/c1-17-9-5-3-4-6-12(16(17)19)10-11-7-8-13(20-2)15(18)14(11)17/h7-8,12,16H,3-6,9-10,19H2,1-2H3. The molecule has 0 aliphatic heterocycles. The van der Waals surface area contributed by atoms with Crippen LogP contribution in [0.15, 0.2) is 12.1 Å². The fourth-order valence-electron chi connectivity index (χ4n) is 4.29. The van der Waals surface area contributed by atoms with Crippen LogP contribution < -0.4 is 10.5 Å². The molecule has 2 N–H and O–H groups in total. The van der Waals surface area contributed by atoms with Crippen LogP contribution in [0.5, 0.6) is 5.75 Å². The number of hydrogen-bond acceptors (Lipinski definition) is 2. The Kier molecular flexibility index (Phi) is 3.49. The molecule has 20 heavy (non-hydrogen) atoms. The van der Waals surface area contributed by atoms with E-state index in [0.717, 1.165) is 30.4 Å². The van der Waals surface area contributed by atoms with Crippen LogP contribution in [0.2, 0.25) is 0 Å². The summed E-state index contributed by atoms with van der Waals surface area (Å²) in [6, 6.07) is 3.85. The number of ether oxygens (including phenoxy) is 1. The zero-order chi connectivity index (χ0) is 14.3. The third-order valence-corrected chi connectivity index (χ3v) is 5.48. The van der Waals surface area contributed by atoms with Gasteiger partial charge in [-0.25, -0.2) is 4.39 Å². The van der Waals surface area contributed by atoms with Crippen molar-refractivity contribution in [1.29, 1.82) is 0 Å². The molecule has 3 heteroatoms. The Morgan fingerprint density at radius 2 is 2.10 bits per heavy atom. The summed E-state index contributed by atoms with van der Waals surface area (Å²) in [5, 5.41) is 0. The van der Waals surface area contributed by atoms with E-state index in [4.69, 9.17) is 10.5 Å². The van der Waals surface area contributed by atoms with Gasteiger partial charge in [0.05, 0.1) is 7.11 Å². The van der Waals surface area contributed by atoms with E-state index in [1.807, 2.05) is 6.07 Å². The van der Waals surface area contributed by atoms with Crippen molar-refractivity contribution in [3.8, 4) is 5.75 Å². The topological polar surface area (TPSA) is 35.2 Å². The van der Waals surface area contributed by atoms with Crippen LogP contribution in [-0.4, -0.2) is 13.2 Å². The van der Waals surface area contributed by atoms with Gasteiger partial charge in [0.25, 0.3) is 0 Å². The highest BCUT2D eigenvalue weighted by Crippen LogP contribution is 2.47. The predicted molar refractivity (Wildman–Crippen MR) is 78.6 cm³/mol. The number of nitrogens with two attached hydrogens (primary N) is 1. The van der Waals surface area contributed by atoms with Gasteiger partial charge in [-0.05, 0) is 36.8 Å². The van der Waals surface area contributed by atoms with Gasteiger partial charge in [0, 0.05) is 17.0 Å². The van der Waals surface area contributed by atoms with E-state index in [1.54, 1.807) is 6.07 Å². The average molecular weight is 277 g/mol. The molecule has 0 saturated heterocycles. The van der Waals surface area contributed by atoms with Crippen molar-refractivity contribution in [3.63, 3.8) is 0 Å². The molecule has 0 spiro atoms. The Morgan fingerprint density at radius 1 is 1.30 bits per heavy atom. The minimum absolute atomic E-state index is 0.0527. The number of fused-ring (bicyclic) bond motifs is 4. The van der Waals surface area contributed by atoms with E-state index in [0.29, 0.717) is 11.7 Å². The highest BCUT2D eigenvalue weighted by molar-refractivity contribution is 5.45. The van der Waals surface area contributed by atoms with Crippen LogP contribution in [0.3, 0.4) is 0 Å². The summed E-state index contributed by atoms with van der Waals surface area (Å²) in [6.45, 7) is 2.15. The molecule has 0 heterocycles. The molecule has 0 radical (unpaired) electrons. The van der Waals surface area contributed by atoms with Crippen LogP contribution in [0.4, 0.5) is 4.39 Å². The summed E-state index contributed by atoms with van der Waals surface area (Å²) < 4.78 is 20.0.